The summed E-state index contributed by atoms with van der Waals surface area (Å²) in [7, 11) is -3.66. The number of carbonyl (C=O) groups is 1. The number of aromatic amines is 1. The molecule has 1 atom stereocenters. The Hall–Kier alpha value is -2.39. The third-order valence-corrected chi connectivity index (χ3v) is 6.08. The highest BCUT2D eigenvalue weighted by Crippen LogP contribution is 2.27. The summed E-state index contributed by atoms with van der Waals surface area (Å²) in [5.74, 6) is -0.0288. The van der Waals surface area contributed by atoms with Gasteiger partial charge in [-0.25, -0.2) is 13.4 Å². The predicted molar refractivity (Wildman–Crippen MR) is 96.3 cm³/mol. The van der Waals surface area contributed by atoms with Crippen LogP contribution in [0.25, 0.3) is 0 Å². The Bertz CT molecular complexity index is 851. The molecule has 1 unspecified atom stereocenters. The van der Waals surface area contributed by atoms with Crippen molar-refractivity contribution < 1.29 is 17.9 Å². The largest absolute Gasteiger partial charge is 0.492 e. The number of carbonyl (C=O) groups excluding carboxylic acids is 1. The van der Waals surface area contributed by atoms with Crippen LogP contribution in [0.15, 0.2) is 41.8 Å². The molecule has 0 radical (unpaired) electrons. The Balaban J connectivity index is 1.71. The monoisotopic (exact) mass is 378 g/mol. The summed E-state index contributed by atoms with van der Waals surface area (Å²) in [6.45, 7) is 2.90. The number of aromatic nitrogens is 2. The Morgan fingerprint density at radius 3 is 2.96 bits per heavy atom. The van der Waals surface area contributed by atoms with Gasteiger partial charge in [0.05, 0.1) is 30.7 Å². The van der Waals surface area contributed by atoms with Gasteiger partial charge in [0.25, 0.3) is 10.0 Å². The number of hydrogen-bond acceptors (Lipinski definition) is 5. The van der Waals surface area contributed by atoms with Crippen LogP contribution in [0, 0.1) is 5.92 Å². The average molecular weight is 378 g/mol. The molecule has 8 nitrogen and oxygen atoms in total. The van der Waals surface area contributed by atoms with Gasteiger partial charge in [0.1, 0.15) is 5.75 Å². The van der Waals surface area contributed by atoms with Crippen LogP contribution in [0.5, 0.6) is 5.75 Å². The number of sulfonamides is 1. The molecule has 0 saturated carbocycles. The number of hydrogen-bond donors (Lipinski definition) is 2. The average Bonchev–Trinajstić information content (AvgIpc) is 3.19. The van der Waals surface area contributed by atoms with E-state index >= 15 is 0 Å². The van der Waals surface area contributed by atoms with E-state index in [0.717, 1.165) is 0 Å². The standard InChI is InChI=1S/C17H22N4O4S/c1-2-25-15-8-4-3-7-14(15)20-17(22)13-6-5-9-21(11-13)26(23,24)16-10-18-12-19-16/h3-4,7-8,10,12-13H,2,5-6,9,11H2,1H3,(H,18,19)(H,20,22). The zero-order valence-corrected chi connectivity index (χ0v) is 15.3. The van der Waals surface area contributed by atoms with E-state index in [0.29, 0.717) is 37.4 Å². The van der Waals surface area contributed by atoms with Crippen molar-refractivity contribution in [2.24, 2.45) is 5.92 Å². The number of rotatable bonds is 6. The second kappa shape index (κ2) is 7.88. The molecule has 0 spiro atoms. The predicted octanol–water partition coefficient (Wildman–Crippen LogP) is 1.85. The summed E-state index contributed by atoms with van der Waals surface area (Å²) in [6.07, 6.45) is 3.86. The van der Waals surface area contributed by atoms with Gasteiger partial charge >= 0.3 is 0 Å². The topological polar surface area (TPSA) is 104 Å². The summed E-state index contributed by atoms with van der Waals surface area (Å²) in [6, 6.07) is 7.20. The van der Waals surface area contributed by atoms with Gasteiger partial charge in [0.2, 0.25) is 5.91 Å². The van der Waals surface area contributed by atoms with Crippen molar-refractivity contribution >= 4 is 21.6 Å². The van der Waals surface area contributed by atoms with Crippen molar-refractivity contribution in [2.45, 2.75) is 24.8 Å². The number of nitrogens with zero attached hydrogens (tertiary/aromatic N) is 2. The lowest BCUT2D eigenvalue weighted by molar-refractivity contribution is -0.120. The van der Waals surface area contributed by atoms with Crippen LogP contribution in [0.1, 0.15) is 19.8 Å². The lowest BCUT2D eigenvalue weighted by Gasteiger charge is -2.30. The Kier molecular flexibility index (Phi) is 5.58. The maximum Gasteiger partial charge on any atom is 0.260 e. The molecule has 0 aliphatic carbocycles. The third-order valence-electron chi connectivity index (χ3n) is 4.29. The molecule has 140 valence electrons. The first-order chi connectivity index (χ1) is 12.5. The number of H-pyrrole nitrogens is 1. The minimum atomic E-state index is -3.66. The van der Waals surface area contributed by atoms with Crippen LogP contribution in [-0.2, 0) is 14.8 Å². The number of nitrogens with one attached hydrogen (secondary N) is 2. The van der Waals surface area contributed by atoms with Gasteiger partial charge < -0.3 is 15.0 Å². The fourth-order valence-corrected chi connectivity index (χ4v) is 4.40. The van der Waals surface area contributed by atoms with Crippen LogP contribution in [0.4, 0.5) is 5.69 Å². The van der Waals surface area contributed by atoms with Crippen LogP contribution in [0.3, 0.4) is 0 Å². The second-order valence-electron chi connectivity index (χ2n) is 6.04. The first kappa shape index (κ1) is 18.4. The summed E-state index contributed by atoms with van der Waals surface area (Å²) in [5, 5.41) is 2.91. The smallest absolute Gasteiger partial charge is 0.260 e. The number of ether oxygens (including phenoxy) is 1. The van der Waals surface area contributed by atoms with E-state index in [9.17, 15) is 13.2 Å². The van der Waals surface area contributed by atoms with E-state index < -0.39 is 15.9 Å². The first-order valence-corrected chi connectivity index (χ1v) is 9.97. The van der Waals surface area contributed by atoms with Crippen molar-refractivity contribution in [2.75, 3.05) is 25.0 Å². The van der Waals surface area contributed by atoms with E-state index in [1.54, 1.807) is 12.1 Å². The van der Waals surface area contributed by atoms with E-state index in [4.69, 9.17) is 4.74 Å². The normalized spacial score (nSPS) is 18.4. The summed E-state index contributed by atoms with van der Waals surface area (Å²) in [4.78, 5) is 19.1. The van der Waals surface area contributed by atoms with Crippen molar-refractivity contribution in [1.29, 1.82) is 0 Å². The molecule has 1 aromatic heterocycles. The molecule has 1 amide bonds. The molecule has 1 aliphatic rings. The minimum absolute atomic E-state index is 0.0419. The highest BCUT2D eigenvalue weighted by molar-refractivity contribution is 7.89. The van der Waals surface area contributed by atoms with Crippen molar-refractivity contribution in [3.05, 3.63) is 36.8 Å². The van der Waals surface area contributed by atoms with Gasteiger partial charge in [-0.1, -0.05) is 12.1 Å². The number of imidazole rings is 1. The van der Waals surface area contributed by atoms with Gasteiger partial charge in [0.15, 0.2) is 5.03 Å². The molecule has 1 saturated heterocycles. The fourth-order valence-electron chi connectivity index (χ4n) is 2.98. The molecular formula is C17H22N4O4S. The molecule has 2 N–H and O–H groups in total. The number of benzene rings is 1. The van der Waals surface area contributed by atoms with Crippen LogP contribution in [-0.4, -0.2) is 48.3 Å². The van der Waals surface area contributed by atoms with Gasteiger partial charge in [-0.3, -0.25) is 4.79 Å². The van der Waals surface area contributed by atoms with E-state index in [2.05, 4.69) is 15.3 Å². The summed E-state index contributed by atoms with van der Waals surface area (Å²) < 4.78 is 32.1. The molecule has 9 heteroatoms. The van der Waals surface area contributed by atoms with Gasteiger partial charge in [-0.05, 0) is 31.9 Å². The van der Waals surface area contributed by atoms with Crippen molar-refractivity contribution in [3.63, 3.8) is 0 Å². The highest BCUT2D eigenvalue weighted by atomic mass is 32.2. The second-order valence-corrected chi connectivity index (χ2v) is 7.94. The molecular weight excluding hydrogens is 356 g/mol. The molecule has 1 aromatic carbocycles. The molecule has 2 heterocycles. The highest BCUT2D eigenvalue weighted by Gasteiger charge is 2.34. The zero-order chi connectivity index (χ0) is 18.6. The third kappa shape index (κ3) is 3.88. The number of para-hydroxylation sites is 2. The van der Waals surface area contributed by atoms with E-state index in [-0.39, 0.29) is 17.5 Å². The molecule has 1 aliphatic heterocycles. The minimum Gasteiger partial charge on any atom is -0.492 e. The van der Waals surface area contributed by atoms with Gasteiger partial charge in [-0.2, -0.15) is 4.31 Å². The zero-order valence-electron chi connectivity index (χ0n) is 14.5. The molecule has 1 fully saturated rings. The maximum absolute atomic E-state index is 12.7. The Morgan fingerprint density at radius 2 is 2.23 bits per heavy atom. The lowest BCUT2D eigenvalue weighted by atomic mass is 9.98. The summed E-state index contributed by atoms with van der Waals surface area (Å²) >= 11 is 0. The van der Waals surface area contributed by atoms with Crippen LogP contribution < -0.4 is 10.1 Å². The Morgan fingerprint density at radius 1 is 1.42 bits per heavy atom. The maximum atomic E-state index is 12.7. The fraction of sp³-hybridized carbons (Fsp3) is 0.412. The van der Waals surface area contributed by atoms with E-state index in [1.807, 2.05) is 19.1 Å². The van der Waals surface area contributed by atoms with Gasteiger partial charge in [0, 0.05) is 13.1 Å². The quantitative estimate of drug-likeness (QED) is 0.798. The van der Waals surface area contributed by atoms with Crippen molar-refractivity contribution in [3.8, 4) is 5.75 Å². The summed E-state index contributed by atoms with van der Waals surface area (Å²) in [5.41, 5.74) is 0.591. The van der Waals surface area contributed by atoms with E-state index in [1.165, 1.54) is 16.8 Å². The number of piperidine rings is 1. The molecule has 3 rings (SSSR count). The van der Waals surface area contributed by atoms with Crippen LogP contribution in [0.2, 0.25) is 0 Å². The Labute approximate surface area is 152 Å². The molecule has 26 heavy (non-hydrogen) atoms. The molecule has 2 aromatic rings. The number of anilines is 1. The lowest BCUT2D eigenvalue weighted by Crippen LogP contribution is -2.43. The van der Waals surface area contributed by atoms with Crippen molar-refractivity contribution in [1.82, 2.24) is 14.3 Å². The SMILES string of the molecule is CCOc1ccccc1NC(=O)C1CCCN(S(=O)(=O)c2cnc[nH]2)C1. The molecule has 0 bridgehead atoms. The van der Waals surface area contributed by atoms with Crippen LogP contribution >= 0.6 is 0 Å². The van der Waals surface area contributed by atoms with Gasteiger partial charge in [-0.15, -0.1) is 0 Å². The first-order valence-electron chi connectivity index (χ1n) is 8.53. The number of amides is 1.